The number of sulfonamides is 1. The Hall–Kier alpha value is -2.05. The summed E-state index contributed by atoms with van der Waals surface area (Å²) in [6, 6.07) is 14.2. The van der Waals surface area contributed by atoms with Gasteiger partial charge < -0.3 is 9.64 Å². The van der Waals surface area contributed by atoms with E-state index in [-0.39, 0.29) is 5.92 Å². The van der Waals surface area contributed by atoms with Crippen molar-refractivity contribution >= 4 is 21.4 Å². The molecule has 2 aliphatic rings. The number of hydrogen-bond acceptors (Lipinski definition) is 4. The highest BCUT2D eigenvalue weighted by atomic mass is 32.2. The van der Waals surface area contributed by atoms with Crippen LogP contribution < -0.4 is 9.21 Å². The van der Waals surface area contributed by atoms with Gasteiger partial charge in [-0.2, -0.15) is 0 Å². The lowest BCUT2D eigenvalue weighted by Crippen LogP contribution is -2.44. The largest absolute Gasteiger partial charge is 0.381 e. The standard InChI is InChI=1S/C29H42N2O3S/c1-6-24-7-9-26(10-8-24)31(20-21(2)3)35(32,33)27-11-12-29-28(19-27)22(4)13-16-30(29)23(5)25-14-17-34-18-15-25/h7-12,19,21-23,25H,6,13-18,20H2,1-5H3/t22?,23-/m0/s1. The monoisotopic (exact) mass is 498 g/mol. The molecular weight excluding hydrogens is 456 g/mol. The van der Waals surface area contributed by atoms with Crippen molar-refractivity contribution in [3.63, 3.8) is 0 Å². The first-order valence-electron chi connectivity index (χ1n) is 13.3. The van der Waals surface area contributed by atoms with E-state index < -0.39 is 10.0 Å². The van der Waals surface area contributed by atoms with E-state index in [1.54, 1.807) is 4.31 Å². The predicted octanol–water partition coefficient (Wildman–Crippen LogP) is 6.23. The number of aryl methyl sites for hydroxylation is 1. The molecule has 0 saturated carbocycles. The maximum atomic E-state index is 14.0. The van der Waals surface area contributed by atoms with Crippen LogP contribution in [0.15, 0.2) is 47.4 Å². The second kappa shape index (κ2) is 10.9. The minimum Gasteiger partial charge on any atom is -0.381 e. The third-order valence-electron chi connectivity index (χ3n) is 7.83. The van der Waals surface area contributed by atoms with Crippen LogP contribution in [0.2, 0.25) is 0 Å². The van der Waals surface area contributed by atoms with Gasteiger partial charge in [-0.25, -0.2) is 8.42 Å². The van der Waals surface area contributed by atoms with Crippen LogP contribution in [-0.2, 0) is 21.2 Å². The van der Waals surface area contributed by atoms with E-state index in [2.05, 4.69) is 45.6 Å². The summed E-state index contributed by atoms with van der Waals surface area (Å²) in [5.41, 5.74) is 4.29. The Kier molecular flexibility index (Phi) is 8.12. The van der Waals surface area contributed by atoms with Gasteiger partial charge in [-0.05, 0) is 91.8 Å². The van der Waals surface area contributed by atoms with Gasteiger partial charge >= 0.3 is 0 Å². The van der Waals surface area contributed by atoms with Crippen LogP contribution >= 0.6 is 0 Å². The molecule has 6 heteroatoms. The lowest BCUT2D eigenvalue weighted by atomic mass is 9.86. The van der Waals surface area contributed by atoms with Crippen LogP contribution in [0, 0.1) is 11.8 Å². The minimum absolute atomic E-state index is 0.211. The van der Waals surface area contributed by atoms with E-state index in [1.807, 2.05) is 36.4 Å². The Labute approximate surface area is 212 Å². The summed E-state index contributed by atoms with van der Waals surface area (Å²) in [5, 5.41) is 0. The Morgan fingerprint density at radius 1 is 1.03 bits per heavy atom. The molecule has 2 heterocycles. The second-order valence-corrected chi connectivity index (χ2v) is 12.6. The Balaban J connectivity index is 1.68. The number of fused-ring (bicyclic) bond motifs is 1. The van der Waals surface area contributed by atoms with Gasteiger partial charge in [0.25, 0.3) is 10.0 Å². The number of ether oxygens (including phenoxy) is 1. The molecule has 4 rings (SSSR count). The van der Waals surface area contributed by atoms with E-state index in [4.69, 9.17) is 4.74 Å². The van der Waals surface area contributed by atoms with Gasteiger partial charge in [0.1, 0.15) is 0 Å². The average molecular weight is 499 g/mol. The maximum absolute atomic E-state index is 14.0. The average Bonchev–Trinajstić information content (AvgIpc) is 2.87. The highest BCUT2D eigenvalue weighted by molar-refractivity contribution is 7.92. The van der Waals surface area contributed by atoms with Crippen LogP contribution in [0.1, 0.15) is 70.9 Å². The molecule has 1 saturated heterocycles. The minimum atomic E-state index is -3.69. The Morgan fingerprint density at radius 3 is 2.34 bits per heavy atom. The van der Waals surface area contributed by atoms with E-state index in [0.717, 1.165) is 56.7 Å². The Bertz CT molecular complexity index is 1090. The van der Waals surface area contributed by atoms with Crippen LogP contribution in [0.5, 0.6) is 0 Å². The van der Waals surface area contributed by atoms with Crippen molar-refractivity contribution in [2.75, 3.05) is 35.5 Å². The number of anilines is 2. The van der Waals surface area contributed by atoms with Gasteiger partial charge in [-0.3, -0.25) is 4.31 Å². The number of hydrogen-bond donors (Lipinski definition) is 0. The lowest BCUT2D eigenvalue weighted by molar-refractivity contribution is 0.0591. The number of benzene rings is 2. The molecule has 0 spiro atoms. The molecule has 0 amide bonds. The summed E-state index contributed by atoms with van der Waals surface area (Å²) in [6.07, 6.45) is 4.16. The quantitative estimate of drug-likeness (QED) is 0.433. The first-order valence-corrected chi connectivity index (χ1v) is 14.8. The molecule has 1 unspecified atom stereocenters. The molecule has 5 nitrogen and oxygen atoms in total. The van der Waals surface area contributed by atoms with Crippen molar-refractivity contribution in [2.24, 2.45) is 11.8 Å². The van der Waals surface area contributed by atoms with Gasteiger partial charge in [-0.1, -0.05) is 39.8 Å². The fourth-order valence-electron chi connectivity index (χ4n) is 5.53. The fourth-order valence-corrected chi connectivity index (χ4v) is 7.20. The van der Waals surface area contributed by atoms with Gasteiger partial charge in [0.2, 0.25) is 0 Å². The molecule has 0 aromatic heterocycles. The van der Waals surface area contributed by atoms with E-state index in [1.165, 1.54) is 11.3 Å². The predicted molar refractivity (Wildman–Crippen MR) is 145 cm³/mol. The molecule has 35 heavy (non-hydrogen) atoms. The smallest absolute Gasteiger partial charge is 0.264 e. The highest BCUT2D eigenvalue weighted by Gasteiger charge is 2.33. The van der Waals surface area contributed by atoms with Crippen LogP contribution in [0.4, 0.5) is 11.4 Å². The van der Waals surface area contributed by atoms with Gasteiger partial charge in [0.15, 0.2) is 0 Å². The molecular formula is C29H42N2O3S. The molecule has 1 fully saturated rings. The molecule has 192 valence electrons. The number of rotatable bonds is 8. The molecule has 2 aliphatic heterocycles. The van der Waals surface area contributed by atoms with Gasteiger partial charge in [0.05, 0.1) is 10.6 Å². The summed E-state index contributed by atoms with van der Waals surface area (Å²) in [7, 11) is -3.69. The third kappa shape index (κ3) is 5.54. The van der Waals surface area contributed by atoms with Crippen LogP contribution in [0.25, 0.3) is 0 Å². The van der Waals surface area contributed by atoms with E-state index in [9.17, 15) is 8.42 Å². The Morgan fingerprint density at radius 2 is 1.71 bits per heavy atom. The summed E-state index contributed by atoms with van der Waals surface area (Å²) < 4.78 is 35.1. The topological polar surface area (TPSA) is 49.9 Å². The first kappa shape index (κ1) is 26.0. The molecule has 0 radical (unpaired) electrons. The first-order chi connectivity index (χ1) is 16.7. The molecule has 0 bridgehead atoms. The van der Waals surface area contributed by atoms with Gasteiger partial charge in [0, 0.05) is 38.0 Å². The summed E-state index contributed by atoms with van der Waals surface area (Å²) in [4.78, 5) is 2.90. The normalized spacial score (nSPS) is 20.1. The lowest BCUT2D eigenvalue weighted by Gasteiger charge is -2.43. The van der Waals surface area contributed by atoms with Crippen LogP contribution in [0.3, 0.4) is 0 Å². The SMILES string of the molecule is CCc1ccc(N(CC(C)C)S(=O)(=O)c2ccc3c(c2)C(C)CCN3[C@@H](C)C2CCOCC2)cc1. The zero-order valence-electron chi connectivity index (χ0n) is 22.0. The molecule has 2 aromatic rings. The summed E-state index contributed by atoms with van der Waals surface area (Å²) in [5.74, 6) is 1.16. The second-order valence-electron chi connectivity index (χ2n) is 10.7. The number of nitrogens with zero attached hydrogens (tertiary/aromatic N) is 2. The van der Waals surface area contributed by atoms with Crippen molar-refractivity contribution in [3.05, 3.63) is 53.6 Å². The zero-order chi connectivity index (χ0) is 25.2. The van der Waals surface area contributed by atoms with E-state index >= 15 is 0 Å². The summed E-state index contributed by atoms with van der Waals surface area (Å²) >= 11 is 0. The molecule has 0 N–H and O–H groups in total. The van der Waals surface area contributed by atoms with Crippen molar-refractivity contribution in [1.82, 2.24) is 0 Å². The zero-order valence-corrected chi connectivity index (χ0v) is 22.9. The van der Waals surface area contributed by atoms with Crippen molar-refractivity contribution in [2.45, 2.75) is 77.2 Å². The van der Waals surface area contributed by atoms with Crippen molar-refractivity contribution in [3.8, 4) is 0 Å². The van der Waals surface area contributed by atoms with Crippen molar-refractivity contribution < 1.29 is 13.2 Å². The maximum Gasteiger partial charge on any atom is 0.264 e. The molecule has 2 aromatic carbocycles. The van der Waals surface area contributed by atoms with E-state index in [0.29, 0.717) is 29.3 Å². The molecule has 0 aliphatic carbocycles. The highest BCUT2D eigenvalue weighted by Crippen LogP contribution is 2.40. The van der Waals surface area contributed by atoms with Crippen LogP contribution in [-0.4, -0.2) is 40.8 Å². The summed E-state index contributed by atoms with van der Waals surface area (Å²) in [6.45, 7) is 13.9. The fraction of sp³-hybridized carbons (Fsp3) is 0.586. The molecule has 2 atom stereocenters. The third-order valence-corrected chi connectivity index (χ3v) is 9.62. The van der Waals surface area contributed by atoms with Crippen molar-refractivity contribution in [1.29, 1.82) is 0 Å². The van der Waals surface area contributed by atoms with Gasteiger partial charge in [-0.15, -0.1) is 0 Å².